The molecule has 1 aromatic rings. The van der Waals surface area contributed by atoms with E-state index >= 15 is 0 Å². The zero-order valence-electron chi connectivity index (χ0n) is 10.9. The third kappa shape index (κ3) is 2.60. The molecule has 0 N–H and O–H groups in total. The first-order chi connectivity index (χ1) is 9.54. The fraction of sp³-hybridized carbons (Fsp3) is 0.385. The lowest BCUT2D eigenvalue weighted by atomic mass is 10.1. The molecule has 0 bridgehead atoms. The van der Waals surface area contributed by atoms with E-state index in [1.54, 1.807) is 19.1 Å². The topological polar surface area (TPSA) is 96.5 Å². The van der Waals surface area contributed by atoms with E-state index in [0.717, 1.165) is 0 Å². The van der Waals surface area contributed by atoms with Gasteiger partial charge in [-0.1, -0.05) is 12.1 Å². The number of para-hydroxylation sites is 1. The number of nitriles is 1. The van der Waals surface area contributed by atoms with E-state index in [9.17, 15) is 14.9 Å². The zero-order valence-corrected chi connectivity index (χ0v) is 10.9. The van der Waals surface area contributed by atoms with Crippen molar-refractivity contribution in [2.75, 3.05) is 19.7 Å². The molecule has 1 aromatic carbocycles. The molecule has 7 nitrogen and oxygen atoms in total. The average molecular weight is 275 g/mol. The third-order valence-electron chi connectivity index (χ3n) is 3.15. The quantitative estimate of drug-likeness (QED) is 0.598. The highest BCUT2D eigenvalue weighted by molar-refractivity contribution is 5.98. The van der Waals surface area contributed by atoms with Crippen LogP contribution in [0.1, 0.15) is 15.9 Å². The summed E-state index contributed by atoms with van der Waals surface area (Å²) in [6.07, 6.45) is -0.684. The number of hydrogen-bond donors (Lipinski definition) is 0. The van der Waals surface area contributed by atoms with Crippen LogP contribution in [0.2, 0.25) is 0 Å². The van der Waals surface area contributed by atoms with Crippen molar-refractivity contribution in [2.24, 2.45) is 0 Å². The fourth-order valence-electron chi connectivity index (χ4n) is 2.16. The number of morpholine rings is 1. The van der Waals surface area contributed by atoms with Crippen LogP contribution >= 0.6 is 0 Å². The van der Waals surface area contributed by atoms with Gasteiger partial charge in [-0.2, -0.15) is 5.26 Å². The Kier molecular flexibility index (Phi) is 3.96. The summed E-state index contributed by atoms with van der Waals surface area (Å²) in [5.74, 6) is -0.441. The van der Waals surface area contributed by atoms with E-state index in [0.29, 0.717) is 12.1 Å². The molecule has 1 heterocycles. The molecule has 1 aliphatic rings. The van der Waals surface area contributed by atoms with Crippen molar-refractivity contribution in [3.05, 3.63) is 39.4 Å². The fourth-order valence-corrected chi connectivity index (χ4v) is 2.16. The van der Waals surface area contributed by atoms with Gasteiger partial charge in [0.2, 0.25) is 0 Å². The van der Waals surface area contributed by atoms with Crippen molar-refractivity contribution >= 4 is 11.6 Å². The van der Waals surface area contributed by atoms with E-state index < -0.39 is 16.9 Å². The van der Waals surface area contributed by atoms with Gasteiger partial charge >= 0.3 is 0 Å². The van der Waals surface area contributed by atoms with Crippen LogP contribution < -0.4 is 0 Å². The van der Waals surface area contributed by atoms with Gasteiger partial charge in [-0.3, -0.25) is 14.9 Å². The second-order valence-corrected chi connectivity index (χ2v) is 4.47. The first-order valence-corrected chi connectivity index (χ1v) is 6.09. The lowest BCUT2D eigenvalue weighted by Crippen LogP contribution is -2.45. The molecule has 2 rings (SSSR count). The molecule has 1 unspecified atom stereocenters. The van der Waals surface area contributed by atoms with E-state index in [4.69, 9.17) is 10.00 Å². The average Bonchev–Trinajstić information content (AvgIpc) is 2.45. The molecule has 1 atom stereocenters. The van der Waals surface area contributed by atoms with Gasteiger partial charge in [0, 0.05) is 12.1 Å². The predicted octanol–water partition coefficient (Wildman–Crippen LogP) is 1.27. The number of rotatable bonds is 2. The molecular weight excluding hydrogens is 262 g/mol. The van der Waals surface area contributed by atoms with Crippen LogP contribution in [-0.4, -0.2) is 41.5 Å². The largest absolute Gasteiger partial charge is 0.360 e. The Morgan fingerprint density at radius 3 is 3.00 bits per heavy atom. The predicted molar refractivity (Wildman–Crippen MR) is 69.1 cm³/mol. The van der Waals surface area contributed by atoms with Crippen molar-refractivity contribution < 1.29 is 14.5 Å². The van der Waals surface area contributed by atoms with E-state index in [-0.39, 0.29) is 24.4 Å². The molecule has 0 radical (unpaired) electrons. The summed E-state index contributed by atoms with van der Waals surface area (Å²) in [5.41, 5.74) is 0.303. The molecule has 1 saturated heterocycles. The smallest absolute Gasteiger partial charge is 0.285 e. The van der Waals surface area contributed by atoms with Crippen LogP contribution in [0.3, 0.4) is 0 Å². The second kappa shape index (κ2) is 5.67. The minimum Gasteiger partial charge on any atom is -0.360 e. The summed E-state index contributed by atoms with van der Waals surface area (Å²) in [6, 6.07) is 6.57. The number of carbonyl (C=O) groups is 1. The number of nitrogens with zero attached hydrogens (tertiary/aromatic N) is 3. The van der Waals surface area contributed by atoms with Gasteiger partial charge < -0.3 is 9.64 Å². The number of nitro benzene ring substituents is 1. The molecule has 0 saturated carbocycles. The monoisotopic (exact) mass is 275 g/mol. The third-order valence-corrected chi connectivity index (χ3v) is 3.15. The van der Waals surface area contributed by atoms with Crippen LogP contribution in [0.25, 0.3) is 0 Å². The Morgan fingerprint density at radius 2 is 2.35 bits per heavy atom. The van der Waals surface area contributed by atoms with Crippen LogP contribution in [0.5, 0.6) is 0 Å². The van der Waals surface area contributed by atoms with Crippen LogP contribution in [0.15, 0.2) is 18.2 Å². The van der Waals surface area contributed by atoms with Crippen molar-refractivity contribution in [1.82, 2.24) is 4.90 Å². The van der Waals surface area contributed by atoms with E-state index in [1.165, 1.54) is 11.0 Å². The molecule has 0 aliphatic carbocycles. The summed E-state index contributed by atoms with van der Waals surface area (Å²) >= 11 is 0. The molecule has 0 spiro atoms. The summed E-state index contributed by atoms with van der Waals surface area (Å²) in [5, 5.41) is 19.9. The maximum absolute atomic E-state index is 12.4. The Bertz CT molecular complexity index is 594. The Morgan fingerprint density at radius 1 is 1.60 bits per heavy atom. The Labute approximate surface area is 115 Å². The number of aryl methyl sites for hydroxylation is 1. The number of nitro groups is 1. The van der Waals surface area contributed by atoms with Crippen molar-refractivity contribution in [2.45, 2.75) is 13.0 Å². The van der Waals surface area contributed by atoms with Gasteiger partial charge in [0.05, 0.1) is 24.1 Å². The first-order valence-electron chi connectivity index (χ1n) is 6.09. The van der Waals surface area contributed by atoms with Gasteiger partial charge in [0.1, 0.15) is 5.56 Å². The van der Waals surface area contributed by atoms with E-state index in [2.05, 4.69) is 0 Å². The van der Waals surface area contributed by atoms with Gasteiger partial charge in [-0.25, -0.2) is 0 Å². The van der Waals surface area contributed by atoms with Crippen molar-refractivity contribution in [1.29, 1.82) is 5.26 Å². The Hall–Kier alpha value is -2.46. The minimum atomic E-state index is -0.684. The number of hydrogen-bond acceptors (Lipinski definition) is 5. The molecule has 20 heavy (non-hydrogen) atoms. The first kappa shape index (κ1) is 14.0. The highest BCUT2D eigenvalue weighted by Gasteiger charge is 2.30. The van der Waals surface area contributed by atoms with Gasteiger partial charge in [0.25, 0.3) is 11.6 Å². The van der Waals surface area contributed by atoms with Crippen LogP contribution in [0, 0.1) is 28.4 Å². The summed E-state index contributed by atoms with van der Waals surface area (Å²) < 4.78 is 5.16. The minimum absolute atomic E-state index is 0.0496. The number of benzene rings is 1. The lowest BCUT2D eigenvalue weighted by molar-refractivity contribution is -0.385. The molecular formula is C13H13N3O4. The SMILES string of the molecule is Cc1cccc(C(=O)N2CCOC(C#N)C2)c1[N+](=O)[O-]. The number of amides is 1. The molecule has 7 heteroatoms. The molecule has 1 amide bonds. The highest BCUT2D eigenvalue weighted by Crippen LogP contribution is 2.25. The van der Waals surface area contributed by atoms with E-state index in [1.807, 2.05) is 6.07 Å². The molecule has 1 aliphatic heterocycles. The van der Waals surface area contributed by atoms with Crippen molar-refractivity contribution in [3.63, 3.8) is 0 Å². The molecule has 104 valence electrons. The second-order valence-electron chi connectivity index (χ2n) is 4.47. The molecule has 0 aromatic heterocycles. The van der Waals surface area contributed by atoms with Crippen LogP contribution in [-0.2, 0) is 4.74 Å². The summed E-state index contributed by atoms with van der Waals surface area (Å²) in [7, 11) is 0. The highest BCUT2D eigenvalue weighted by atomic mass is 16.6. The lowest BCUT2D eigenvalue weighted by Gasteiger charge is -2.29. The summed E-state index contributed by atoms with van der Waals surface area (Å²) in [4.78, 5) is 24.4. The van der Waals surface area contributed by atoms with Gasteiger partial charge in [-0.05, 0) is 13.0 Å². The zero-order chi connectivity index (χ0) is 14.7. The van der Waals surface area contributed by atoms with Gasteiger partial charge in [0.15, 0.2) is 6.10 Å². The summed E-state index contributed by atoms with van der Waals surface area (Å²) in [6.45, 7) is 2.29. The van der Waals surface area contributed by atoms with Gasteiger partial charge in [-0.15, -0.1) is 0 Å². The molecule has 1 fully saturated rings. The van der Waals surface area contributed by atoms with Crippen molar-refractivity contribution in [3.8, 4) is 6.07 Å². The standard InChI is InChI=1S/C13H13N3O4/c1-9-3-2-4-11(12(9)16(18)19)13(17)15-5-6-20-10(7-14)8-15/h2-4,10H,5-6,8H2,1H3. The maximum Gasteiger partial charge on any atom is 0.285 e. The number of carbonyl (C=O) groups excluding carboxylic acids is 1. The maximum atomic E-state index is 12.4. The van der Waals surface area contributed by atoms with Crippen LogP contribution in [0.4, 0.5) is 5.69 Å². The Balaban J connectivity index is 2.32. The number of ether oxygens (including phenoxy) is 1. The normalized spacial score (nSPS) is 18.4.